The maximum atomic E-state index is 10.7. The van der Waals surface area contributed by atoms with Crippen molar-refractivity contribution in [1.82, 2.24) is 0 Å². The second kappa shape index (κ2) is 6.38. The molecule has 0 fully saturated rings. The molecule has 0 amide bonds. The van der Waals surface area contributed by atoms with Gasteiger partial charge in [0, 0.05) is 11.0 Å². The van der Waals surface area contributed by atoms with E-state index in [2.05, 4.69) is 0 Å². The van der Waals surface area contributed by atoms with Crippen molar-refractivity contribution in [3.63, 3.8) is 0 Å². The first-order valence-electron chi connectivity index (χ1n) is 5.25. The molecule has 0 atom stereocenters. The average Bonchev–Trinajstić information content (AvgIpc) is 2.28. The summed E-state index contributed by atoms with van der Waals surface area (Å²) < 4.78 is 0. The van der Waals surface area contributed by atoms with Gasteiger partial charge >= 0.3 is 5.97 Å². The minimum absolute atomic E-state index is 0.797. The zero-order valence-electron chi connectivity index (χ0n) is 9.56. The van der Waals surface area contributed by atoms with Gasteiger partial charge in [-0.1, -0.05) is 25.5 Å². The molecule has 1 aromatic rings. The molecule has 1 rings (SSSR count). The second-order valence-corrected chi connectivity index (χ2v) is 4.37. The van der Waals surface area contributed by atoms with Crippen molar-refractivity contribution in [2.75, 3.05) is 6.26 Å². The van der Waals surface area contributed by atoms with Crippen LogP contribution in [0.3, 0.4) is 0 Å². The molecule has 3 heteroatoms. The monoisotopic (exact) mass is 236 g/mol. The summed E-state index contributed by atoms with van der Waals surface area (Å²) in [6.45, 7) is 2.05. The third kappa shape index (κ3) is 3.74. The number of benzene rings is 1. The highest BCUT2D eigenvalue weighted by Gasteiger charge is 2.03. The SMILES string of the molecule is CCC/C(=C\C(=O)O)c1ccc(SC)cc1. The van der Waals surface area contributed by atoms with E-state index < -0.39 is 5.97 Å². The summed E-state index contributed by atoms with van der Waals surface area (Å²) in [4.78, 5) is 11.9. The van der Waals surface area contributed by atoms with Crippen LogP contribution < -0.4 is 0 Å². The molecule has 0 spiro atoms. The first-order chi connectivity index (χ1) is 7.67. The molecule has 0 aliphatic rings. The van der Waals surface area contributed by atoms with Crippen LogP contribution in [0.1, 0.15) is 25.3 Å². The summed E-state index contributed by atoms with van der Waals surface area (Å²) in [6, 6.07) is 8.00. The average molecular weight is 236 g/mol. The van der Waals surface area contributed by atoms with E-state index in [9.17, 15) is 4.79 Å². The summed E-state index contributed by atoms with van der Waals surface area (Å²) >= 11 is 1.68. The van der Waals surface area contributed by atoms with Crippen molar-refractivity contribution < 1.29 is 9.90 Å². The van der Waals surface area contributed by atoms with Gasteiger partial charge in [-0.15, -0.1) is 11.8 Å². The molecule has 86 valence electrons. The van der Waals surface area contributed by atoms with Gasteiger partial charge in [0.25, 0.3) is 0 Å². The fourth-order valence-electron chi connectivity index (χ4n) is 1.52. The van der Waals surface area contributed by atoms with Crippen LogP contribution in [0.2, 0.25) is 0 Å². The van der Waals surface area contributed by atoms with Crippen LogP contribution in [0.15, 0.2) is 35.2 Å². The van der Waals surface area contributed by atoms with E-state index in [4.69, 9.17) is 5.11 Å². The summed E-state index contributed by atoms with van der Waals surface area (Å²) in [7, 11) is 0. The van der Waals surface area contributed by atoms with Gasteiger partial charge in [0.15, 0.2) is 0 Å². The first-order valence-corrected chi connectivity index (χ1v) is 6.47. The van der Waals surface area contributed by atoms with Crippen LogP contribution in [0.5, 0.6) is 0 Å². The van der Waals surface area contributed by atoms with Gasteiger partial charge in [-0.2, -0.15) is 0 Å². The molecule has 0 bridgehead atoms. The number of thioether (sulfide) groups is 1. The molecule has 0 radical (unpaired) electrons. The minimum atomic E-state index is -0.877. The Hall–Kier alpha value is -1.22. The molecular weight excluding hydrogens is 220 g/mol. The Kier molecular flexibility index (Phi) is 5.12. The Morgan fingerprint density at radius 2 is 2.00 bits per heavy atom. The Morgan fingerprint density at radius 1 is 1.38 bits per heavy atom. The van der Waals surface area contributed by atoms with Gasteiger partial charge in [-0.25, -0.2) is 4.79 Å². The number of hydrogen-bond donors (Lipinski definition) is 1. The maximum Gasteiger partial charge on any atom is 0.328 e. The normalized spacial score (nSPS) is 11.5. The van der Waals surface area contributed by atoms with Gasteiger partial charge in [-0.05, 0) is 35.9 Å². The molecule has 16 heavy (non-hydrogen) atoms. The highest BCUT2D eigenvalue weighted by Crippen LogP contribution is 2.23. The van der Waals surface area contributed by atoms with Gasteiger partial charge in [0.1, 0.15) is 0 Å². The number of carboxylic acids is 1. The van der Waals surface area contributed by atoms with Crippen molar-refractivity contribution in [3.05, 3.63) is 35.9 Å². The van der Waals surface area contributed by atoms with Gasteiger partial charge < -0.3 is 5.11 Å². The molecule has 0 aliphatic heterocycles. The Morgan fingerprint density at radius 3 is 2.44 bits per heavy atom. The Labute approximate surface area is 100 Å². The summed E-state index contributed by atoms with van der Waals surface area (Å²) in [5, 5.41) is 8.79. The predicted molar refractivity (Wildman–Crippen MR) is 68.7 cm³/mol. The van der Waals surface area contributed by atoms with Crippen molar-refractivity contribution in [1.29, 1.82) is 0 Å². The minimum Gasteiger partial charge on any atom is -0.478 e. The van der Waals surface area contributed by atoms with Crippen LogP contribution >= 0.6 is 11.8 Å². The number of carboxylic acid groups (broad SMARTS) is 1. The molecule has 1 N–H and O–H groups in total. The fraction of sp³-hybridized carbons (Fsp3) is 0.308. The fourth-order valence-corrected chi connectivity index (χ4v) is 1.93. The second-order valence-electron chi connectivity index (χ2n) is 3.49. The van der Waals surface area contributed by atoms with E-state index >= 15 is 0 Å². The van der Waals surface area contributed by atoms with Crippen LogP contribution in [-0.4, -0.2) is 17.3 Å². The number of hydrogen-bond acceptors (Lipinski definition) is 2. The number of allylic oxidation sites excluding steroid dienone is 1. The van der Waals surface area contributed by atoms with E-state index in [0.717, 1.165) is 24.0 Å². The van der Waals surface area contributed by atoms with Gasteiger partial charge in [0.05, 0.1) is 0 Å². The highest BCUT2D eigenvalue weighted by molar-refractivity contribution is 7.98. The summed E-state index contributed by atoms with van der Waals surface area (Å²) in [5.41, 5.74) is 1.89. The Bertz CT molecular complexity index is 379. The van der Waals surface area contributed by atoms with E-state index in [-0.39, 0.29) is 0 Å². The Balaban J connectivity index is 2.97. The quantitative estimate of drug-likeness (QED) is 0.626. The van der Waals surface area contributed by atoms with Gasteiger partial charge in [-0.3, -0.25) is 0 Å². The number of aliphatic carboxylic acids is 1. The summed E-state index contributed by atoms with van der Waals surface area (Å²) in [6.07, 6.45) is 5.07. The lowest BCUT2D eigenvalue weighted by molar-refractivity contribution is -0.131. The zero-order valence-corrected chi connectivity index (χ0v) is 10.4. The van der Waals surface area contributed by atoms with Crippen LogP contribution in [-0.2, 0) is 4.79 Å². The van der Waals surface area contributed by atoms with E-state index in [1.165, 1.54) is 11.0 Å². The lowest BCUT2D eigenvalue weighted by Crippen LogP contribution is -1.92. The third-order valence-corrected chi connectivity index (χ3v) is 3.02. The molecule has 0 heterocycles. The zero-order chi connectivity index (χ0) is 12.0. The summed E-state index contributed by atoms with van der Waals surface area (Å²) in [5.74, 6) is -0.877. The van der Waals surface area contributed by atoms with Crippen molar-refractivity contribution in [2.45, 2.75) is 24.7 Å². The van der Waals surface area contributed by atoms with E-state index in [0.29, 0.717) is 0 Å². The molecule has 2 nitrogen and oxygen atoms in total. The molecule has 0 aromatic heterocycles. The standard InChI is InChI=1S/C13H16O2S/c1-3-4-11(9-13(14)15)10-5-7-12(16-2)8-6-10/h5-9H,3-4H2,1-2H3,(H,14,15)/b11-9+. The molecule has 0 unspecified atom stereocenters. The molecular formula is C13H16O2S. The molecule has 1 aromatic carbocycles. The van der Waals surface area contributed by atoms with Crippen molar-refractivity contribution in [2.24, 2.45) is 0 Å². The maximum absolute atomic E-state index is 10.7. The lowest BCUT2D eigenvalue weighted by Gasteiger charge is -2.06. The number of rotatable bonds is 5. The molecule has 0 saturated heterocycles. The van der Waals surface area contributed by atoms with E-state index in [1.54, 1.807) is 11.8 Å². The molecule has 0 saturated carbocycles. The number of carbonyl (C=O) groups is 1. The molecule has 0 aliphatic carbocycles. The first kappa shape index (κ1) is 12.8. The predicted octanol–water partition coefficient (Wildman–Crippen LogP) is 3.68. The van der Waals surface area contributed by atoms with Crippen LogP contribution in [0.25, 0.3) is 5.57 Å². The van der Waals surface area contributed by atoms with Crippen LogP contribution in [0, 0.1) is 0 Å². The smallest absolute Gasteiger partial charge is 0.328 e. The van der Waals surface area contributed by atoms with E-state index in [1.807, 2.05) is 37.4 Å². The van der Waals surface area contributed by atoms with Crippen LogP contribution in [0.4, 0.5) is 0 Å². The van der Waals surface area contributed by atoms with Crippen molar-refractivity contribution in [3.8, 4) is 0 Å². The van der Waals surface area contributed by atoms with Gasteiger partial charge in [0.2, 0.25) is 0 Å². The lowest BCUT2D eigenvalue weighted by atomic mass is 10.0. The third-order valence-electron chi connectivity index (χ3n) is 2.28. The largest absolute Gasteiger partial charge is 0.478 e. The van der Waals surface area contributed by atoms with Crippen molar-refractivity contribution >= 4 is 23.3 Å². The highest BCUT2D eigenvalue weighted by atomic mass is 32.2. The topological polar surface area (TPSA) is 37.3 Å².